The predicted molar refractivity (Wildman–Crippen MR) is 84.0 cm³/mol. The Morgan fingerprint density at radius 3 is 2.39 bits per heavy atom. The van der Waals surface area contributed by atoms with Gasteiger partial charge in [0.25, 0.3) is 0 Å². The van der Waals surface area contributed by atoms with Gasteiger partial charge in [0.1, 0.15) is 6.54 Å². The maximum absolute atomic E-state index is 3.53. The van der Waals surface area contributed by atoms with Gasteiger partial charge in [0.15, 0.2) is 0 Å². The molecule has 0 aliphatic rings. The summed E-state index contributed by atoms with van der Waals surface area (Å²) in [5.41, 5.74) is 1.44. The molecule has 0 unspecified atom stereocenters. The van der Waals surface area contributed by atoms with Crippen molar-refractivity contribution in [2.45, 2.75) is 25.4 Å². The zero-order valence-electron chi connectivity index (χ0n) is 12.3. The van der Waals surface area contributed by atoms with Crippen molar-refractivity contribution < 1.29 is 4.48 Å². The summed E-state index contributed by atoms with van der Waals surface area (Å²) < 4.78 is 1.08. The van der Waals surface area contributed by atoms with Gasteiger partial charge in [-0.2, -0.15) is 0 Å². The highest BCUT2D eigenvalue weighted by Gasteiger charge is 2.14. The lowest BCUT2D eigenvalue weighted by Gasteiger charge is -2.30. The molecule has 0 amide bonds. The van der Waals surface area contributed by atoms with E-state index in [0.717, 1.165) is 17.6 Å². The minimum Gasteiger partial charge on any atom is -0.325 e. The first kappa shape index (κ1) is 15.4. The zero-order chi connectivity index (χ0) is 13.3. The Labute approximate surface area is 115 Å². The maximum Gasteiger partial charge on any atom is 0.104 e. The van der Waals surface area contributed by atoms with Crippen LogP contribution in [-0.2, 0) is 6.54 Å². The first-order chi connectivity index (χ1) is 8.64. The van der Waals surface area contributed by atoms with E-state index in [4.69, 9.17) is 0 Å². The van der Waals surface area contributed by atoms with E-state index < -0.39 is 0 Å². The van der Waals surface area contributed by atoms with Gasteiger partial charge in [-0.3, -0.25) is 0 Å². The molecule has 1 rings (SSSR count). The van der Waals surface area contributed by atoms with E-state index in [-0.39, 0.29) is 0 Å². The van der Waals surface area contributed by atoms with E-state index >= 15 is 0 Å². The van der Waals surface area contributed by atoms with Gasteiger partial charge in [-0.15, -0.1) is 0 Å². The number of quaternary nitrogens is 1. The van der Waals surface area contributed by atoms with Crippen molar-refractivity contribution in [3.8, 4) is 0 Å². The van der Waals surface area contributed by atoms with Crippen LogP contribution >= 0.6 is 0 Å². The van der Waals surface area contributed by atoms with Crippen LogP contribution in [0, 0.1) is 0 Å². The van der Waals surface area contributed by atoms with E-state index in [2.05, 4.69) is 49.7 Å². The second-order valence-electron chi connectivity index (χ2n) is 5.76. The molecule has 0 aliphatic carbocycles. The summed E-state index contributed by atoms with van der Waals surface area (Å²) in [5.74, 6) is 0. The molecule has 0 aliphatic heterocycles. The summed E-state index contributed by atoms with van der Waals surface area (Å²) in [6, 6.07) is 12.2. The van der Waals surface area contributed by atoms with Gasteiger partial charge >= 0.3 is 0 Å². The van der Waals surface area contributed by atoms with Crippen LogP contribution < -0.4 is 5.32 Å². The van der Waals surface area contributed by atoms with E-state index in [1.165, 1.54) is 47.8 Å². The van der Waals surface area contributed by atoms with Crippen molar-refractivity contribution in [1.29, 1.82) is 0 Å². The minimum absolute atomic E-state index is 1.08. The van der Waals surface area contributed by atoms with Crippen molar-refractivity contribution in [1.82, 2.24) is 5.32 Å². The van der Waals surface area contributed by atoms with Crippen molar-refractivity contribution >= 4 is 10.2 Å². The fourth-order valence-corrected chi connectivity index (χ4v) is 2.57. The van der Waals surface area contributed by atoms with E-state index in [1.807, 2.05) is 0 Å². The largest absolute Gasteiger partial charge is 0.325 e. The molecular weight excluding hydrogens is 236 g/mol. The van der Waals surface area contributed by atoms with Crippen LogP contribution in [0.3, 0.4) is 0 Å². The Kier molecular flexibility index (Phi) is 7.24. The Bertz CT molecular complexity index is 312. The van der Waals surface area contributed by atoms with Crippen LogP contribution in [0.2, 0.25) is 6.04 Å². The van der Waals surface area contributed by atoms with Gasteiger partial charge in [-0.25, -0.2) is 0 Å². The average molecular weight is 265 g/mol. The second kappa shape index (κ2) is 8.46. The molecule has 0 saturated heterocycles. The molecule has 0 bridgehead atoms. The fraction of sp³-hybridized carbons (Fsp3) is 0.600. The van der Waals surface area contributed by atoms with Crippen molar-refractivity contribution in [2.75, 3.05) is 33.7 Å². The molecule has 102 valence electrons. The third kappa shape index (κ3) is 6.94. The van der Waals surface area contributed by atoms with Crippen LogP contribution in [0.15, 0.2) is 30.3 Å². The Hall–Kier alpha value is -0.643. The molecule has 0 aromatic heterocycles. The molecule has 1 aromatic rings. The number of benzene rings is 1. The van der Waals surface area contributed by atoms with Gasteiger partial charge in [-0.1, -0.05) is 36.4 Å². The molecule has 1 N–H and O–H groups in total. The minimum atomic E-state index is 1.08. The van der Waals surface area contributed by atoms with Crippen LogP contribution in [0.1, 0.15) is 18.4 Å². The Balaban J connectivity index is 2.19. The Morgan fingerprint density at radius 1 is 1.06 bits per heavy atom. The first-order valence-corrected chi connectivity index (χ1v) is 8.62. The number of hydrogen-bond acceptors (Lipinski definition) is 1. The van der Waals surface area contributed by atoms with Crippen molar-refractivity contribution in [3.63, 3.8) is 0 Å². The molecule has 2 nitrogen and oxygen atoms in total. The zero-order valence-corrected chi connectivity index (χ0v) is 14.3. The summed E-state index contributed by atoms with van der Waals surface area (Å²) in [6.45, 7) is 4.73. The van der Waals surface area contributed by atoms with Gasteiger partial charge < -0.3 is 9.80 Å². The van der Waals surface area contributed by atoms with Crippen molar-refractivity contribution in [2.24, 2.45) is 0 Å². The van der Waals surface area contributed by atoms with Crippen molar-refractivity contribution in [3.05, 3.63) is 35.9 Å². The highest BCUT2D eigenvalue weighted by Crippen LogP contribution is 2.09. The van der Waals surface area contributed by atoms with Gasteiger partial charge in [-0.05, 0) is 13.0 Å². The summed E-state index contributed by atoms with van der Waals surface area (Å²) in [7, 11) is 5.99. The van der Waals surface area contributed by atoms with Gasteiger partial charge in [0.05, 0.1) is 20.6 Å². The number of rotatable bonds is 9. The lowest BCUT2D eigenvalue weighted by atomic mass is 10.2. The summed E-state index contributed by atoms with van der Waals surface area (Å²) in [4.78, 5) is 0. The second-order valence-corrected chi connectivity index (χ2v) is 6.76. The molecular formula is C15H29N2Si+. The molecule has 0 atom stereocenters. The smallest absolute Gasteiger partial charge is 0.104 e. The molecule has 18 heavy (non-hydrogen) atoms. The quantitative estimate of drug-likeness (QED) is 0.404. The SMILES string of the molecule is C[N+](C)(CCCNCCC[SiH3])Cc1ccccc1. The molecule has 3 heteroatoms. The van der Waals surface area contributed by atoms with E-state index in [0.29, 0.717) is 0 Å². The molecule has 1 aromatic carbocycles. The summed E-state index contributed by atoms with van der Waals surface area (Å²) in [5, 5.41) is 3.53. The maximum atomic E-state index is 3.53. The van der Waals surface area contributed by atoms with Crippen LogP contribution in [0.4, 0.5) is 0 Å². The third-order valence-corrected chi connectivity index (χ3v) is 3.98. The standard InChI is InChI=1S/C15H29N2Si/c1-17(2,12-6-10-16-11-7-13-18)14-15-8-4-3-5-9-15/h3-5,8-9,16H,6-7,10-14H2,1-2,18H3/q+1. The summed E-state index contributed by atoms with van der Waals surface area (Å²) >= 11 is 0. The molecule has 0 fully saturated rings. The fourth-order valence-electron chi connectivity index (χ4n) is 2.22. The Morgan fingerprint density at radius 2 is 1.72 bits per heavy atom. The third-order valence-electron chi connectivity index (χ3n) is 3.28. The monoisotopic (exact) mass is 265 g/mol. The first-order valence-electron chi connectivity index (χ1n) is 7.21. The van der Waals surface area contributed by atoms with Crippen LogP contribution in [0.5, 0.6) is 0 Å². The van der Waals surface area contributed by atoms with Crippen LogP contribution in [0.25, 0.3) is 0 Å². The number of hydrogen-bond donors (Lipinski definition) is 1. The molecule has 0 radical (unpaired) electrons. The lowest BCUT2D eigenvalue weighted by Crippen LogP contribution is -2.40. The van der Waals surface area contributed by atoms with Gasteiger partial charge in [0.2, 0.25) is 0 Å². The summed E-state index contributed by atoms with van der Waals surface area (Å²) in [6.07, 6.45) is 2.62. The van der Waals surface area contributed by atoms with E-state index in [1.54, 1.807) is 0 Å². The van der Waals surface area contributed by atoms with Gasteiger partial charge in [0, 0.05) is 28.8 Å². The highest BCUT2D eigenvalue weighted by atomic mass is 28.1. The normalized spacial score (nSPS) is 11.9. The molecule has 0 heterocycles. The molecule has 0 spiro atoms. The average Bonchev–Trinajstić information content (AvgIpc) is 2.34. The molecule has 0 saturated carbocycles. The van der Waals surface area contributed by atoms with E-state index in [9.17, 15) is 0 Å². The van der Waals surface area contributed by atoms with Crippen LogP contribution in [-0.4, -0.2) is 48.5 Å². The topological polar surface area (TPSA) is 12.0 Å². The highest BCUT2D eigenvalue weighted by molar-refractivity contribution is 6.08. The lowest BCUT2D eigenvalue weighted by molar-refractivity contribution is -0.903. The number of nitrogens with zero attached hydrogens (tertiary/aromatic N) is 1. The number of nitrogens with one attached hydrogen (secondary N) is 1. The predicted octanol–water partition coefficient (Wildman–Crippen LogP) is 1.42.